The van der Waals surface area contributed by atoms with E-state index in [4.69, 9.17) is 23.2 Å². The predicted octanol–water partition coefficient (Wildman–Crippen LogP) is 5.76. The summed E-state index contributed by atoms with van der Waals surface area (Å²) < 4.78 is 37.7. The van der Waals surface area contributed by atoms with Crippen molar-refractivity contribution in [2.75, 3.05) is 0 Å². The van der Waals surface area contributed by atoms with Gasteiger partial charge >= 0.3 is 6.18 Å². The fourth-order valence-corrected chi connectivity index (χ4v) is 1.97. The van der Waals surface area contributed by atoms with Crippen molar-refractivity contribution in [3.63, 3.8) is 0 Å². The van der Waals surface area contributed by atoms with Gasteiger partial charge in [-0.25, -0.2) is 0 Å². The molecule has 0 heterocycles. The third-order valence-corrected chi connectivity index (χ3v) is 3.05. The van der Waals surface area contributed by atoms with Gasteiger partial charge in [0, 0.05) is 16.8 Å². The molecule has 104 valence electrons. The number of rotatable bonds is 2. The Morgan fingerprint density at radius 3 is 2.40 bits per heavy atom. The molecule has 6 heteroatoms. The predicted molar refractivity (Wildman–Crippen MR) is 75.2 cm³/mol. The number of hydrogen-bond acceptors (Lipinski definition) is 1. The van der Waals surface area contributed by atoms with Gasteiger partial charge in [0.2, 0.25) is 0 Å². The van der Waals surface area contributed by atoms with E-state index in [1.807, 2.05) is 0 Å². The van der Waals surface area contributed by atoms with Crippen molar-refractivity contribution in [1.29, 1.82) is 0 Å². The summed E-state index contributed by atoms with van der Waals surface area (Å²) in [5, 5.41) is 0.861. The Bertz CT molecular complexity index is 651. The molecule has 2 rings (SSSR count). The maximum atomic E-state index is 12.6. The summed E-state index contributed by atoms with van der Waals surface area (Å²) in [4.78, 5) is 3.99. The highest BCUT2D eigenvalue weighted by atomic mass is 35.5. The fraction of sp³-hybridized carbons (Fsp3) is 0.0714. The van der Waals surface area contributed by atoms with Gasteiger partial charge in [-0.1, -0.05) is 35.3 Å². The molecule has 0 unspecified atom stereocenters. The van der Waals surface area contributed by atoms with E-state index in [2.05, 4.69) is 4.99 Å². The third-order valence-electron chi connectivity index (χ3n) is 2.49. The minimum absolute atomic E-state index is 0.200. The van der Waals surface area contributed by atoms with E-state index in [1.54, 1.807) is 12.1 Å². The van der Waals surface area contributed by atoms with Gasteiger partial charge < -0.3 is 0 Å². The lowest BCUT2D eigenvalue weighted by atomic mass is 10.2. The van der Waals surface area contributed by atoms with Crippen molar-refractivity contribution >= 4 is 35.1 Å². The molecule has 0 aliphatic carbocycles. The number of halogens is 5. The van der Waals surface area contributed by atoms with E-state index in [0.717, 1.165) is 12.1 Å². The highest BCUT2D eigenvalue weighted by molar-refractivity contribution is 6.36. The van der Waals surface area contributed by atoms with E-state index in [-0.39, 0.29) is 5.69 Å². The summed E-state index contributed by atoms with van der Waals surface area (Å²) in [6.07, 6.45) is -2.99. The summed E-state index contributed by atoms with van der Waals surface area (Å²) in [7, 11) is 0. The van der Waals surface area contributed by atoms with Crippen molar-refractivity contribution in [2.24, 2.45) is 4.99 Å². The maximum Gasteiger partial charge on any atom is 0.416 e. The van der Waals surface area contributed by atoms with Crippen LogP contribution in [0.5, 0.6) is 0 Å². The monoisotopic (exact) mass is 317 g/mol. The summed E-state index contributed by atoms with van der Waals surface area (Å²) in [6.45, 7) is 0. The van der Waals surface area contributed by atoms with Crippen molar-refractivity contribution < 1.29 is 13.2 Å². The number of alkyl halides is 3. The van der Waals surface area contributed by atoms with Crippen LogP contribution >= 0.6 is 23.2 Å². The number of nitrogens with zero attached hydrogens (tertiary/aromatic N) is 1. The molecule has 0 radical (unpaired) electrons. The Labute approximate surface area is 123 Å². The molecule has 0 aliphatic rings. The van der Waals surface area contributed by atoms with E-state index in [1.165, 1.54) is 24.4 Å². The molecule has 1 nitrogen and oxygen atoms in total. The Balaban J connectivity index is 2.28. The average Bonchev–Trinajstić information content (AvgIpc) is 2.37. The SMILES string of the molecule is FC(F)(F)c1cccc(N=Cc2ccc(Cl)cc2Cl)c1. The van der Waals surface area contributed by atoms with Crippen LogP contribution in [0.15, 0.2) is 47.5 Å². The van der Waals surface area contributed by atoms with Crippen molar-refractivity contribution in [2.45, 2.75) is 6.18 Å². The topological polar surface area (TPSA) is 12.4 Å². The fourth-order valence-electron chi connectivity index (χ4n) is 1.51. The standard InChI is InChI=1S/C14H8Cl2F3N/c15-11-5-4-9(13(16)7-11)8-20-12-3-1-2-10(6-12)14(17,18)19/h1-8H. The largest absolute Gasteiger partial charge is 0.416 e. The Morgan fingerprint density at radius 1 is 1.00 bits per heavy atom. The van der Waals surface area contributed by atoms with Crippen molar-refractivity contribution in [3.8, 4) is 0 Å². The Morgan fingerprint density at radius 2 is 1.75 bits per heavy atom. The number of hydrogen-bond donors (Lipinski definition) is 0. The zero-order chi connectivity index (χ0) is 14.8. The van der Waals surface area contributed by atoms with Gasteiger partial charge in [-0.15, -0.1) is 0 Å². The van der Waals surface area contributed by atoms with Crippen LogP contribution in [-0.4, -0.2) is 6.21 Å². The van der Waals surface area contributed by atoms with Gasteiger partial charge in [0.15, 0.2) is 0 Å². The zero-order valence-electron chi connectivity index (χ0n) is 9.96. The van der Waals surface area contributed by atoms with E-state index < -0.39 is 11.7 Å². The molecule has 0 amide bonds. The molecule has 0 bridgehead atoms. The molecule has 2 aromatic rings. The van der Waals surface area contributed by atoms with E-state index in [9.17, 15) is 13.2 Å². The molecule has 0 spiro atoms. The second-order valence-corrected chi connectivity index (χ2v) is 4.82. The molecule has 0 atom stereocenters. The van der Waals surface area contributed by atoms with E-state index >= 15 is 0 Å². The van der Waals surface area contributed by atoms with Crippen LogP contribution in [0.3, 0.4) is 0 Å². The van der Waals surface area contributed by atoms with Crippen LogP contribution in [-0.2, 0) is 6.18 Å². The zero-order valence-corrected chi connectivity index (χ0v) is 11.5. The lowest BCUT2D eigenvalue weighted by molar-refractivity contribution is -0.137. The molecule has 0 saturated heterocycles. The van der Waals surface area contributed by atoms with Crippen LogP contribution in [0, 0.1) is 0 Å². The van der Waals surface area contributed by atoms with Crippen LogP contribution < -0.4 is 0 Å². The minimum atomic E-state index is -4.39. The maximum absolute atomic E-state index is 12.6. The molecular weight excluding hydrogens is 310 g/mol. The lowest BCUT2D eigenvalue weighted by Gasteiger charge is -2.06. The molecule has 20 heavy (non-hydrogen) atoms. The molecule has 0 N–H and O–H groups in total. The molecular formula is C14H8Cl2F3N. The summed E-state index contributed by atoms with van der Waals surface area (Å²) in [5.74, 6) is 0. The number of benzene rings is 2. The number of aliphatic imine (C=N–C) groups is 1. The van der Waals surface area contributed by atoms with Crippen molar-refractivity contribution in [1.82, 2.24) is 0 Å². The summed E-state index contributed by atoms with van der Waals surface area (Å²) in [5.41, 5.74) is 0.0358. The highest BCUT2D eigenvalue weighted by Gasteiger charge is 2.30. The van der Waals surface area contributed by atoms with Gasteiger partial charge in [-0.05, 0) is 30.3 Å². The third kappa shape index (κ3) is 3.74. The Hall–Kier alpha value is -1.52. The van der Waals surface area contributed by atoms with Crippen LogP contribution in [0.25, 0.3) is 0 Å². The van der Waals surface area contributed by atoms with Gasteiger partial charge in [0.1, 0.15) is 0 Å². The first-order valence-electron chi connectivity index (χ1n) is 5.52. The lowest BCUT2D eigenvalue weighted by Crippen LogP contribution is -2.03. The van der Waals surface area contributed by atoms with E-state index in [0.29, 0.717) is 15.6 Å². The molecule has 0 aromatic heterocycles. The quantitative estimate of drug-likeness (QED) is 0.624. The summed E-state index contributed by atoms with van der Waals surface area (Å²) >= 11 is 11.7. The van der Waals surface area contributed by atoms with Gasteiger partial charge in [0.05, 0.1) is 16.3 Å². The second-order valence-electron chi connectivity index (χ2n) is 3.97. The highest BCUT2D eigenvalue weighted by Crippen LogP contribution is 2.31. The van der Waals surface area contributed by atoms with Crippen LogP contribution in [0.2, 0.25) is 10.0 Å². The smallest absolute Gasteiger partial charge is 0.256 e. The van der Waals surface area contributed by atoms with Gasteiger partial charge in [0.25, 0.3) is 0 Å². The molecule has 0 aliphatic heterocycles. The first kappa shape index (κ1) is 14.9. The normalized spacial score (nSPS) is 12.1. The summed E-state index contributed by atoms with van der Waals surface area (Å²) in [6, 6.07) is 9.56. The Kier molecular flexibility index (Phi) is 4.35. The molecule has 0 fully saturated rings. The molecule has 0 saturated carbocycles. The average molecular weight is 318 g/mol. The van der Waals surface area contributed by atoms with Crippen LogP contribution in [0.1, 0.15) is 11.1 Å². The molecule has 2 aromatic carbocycles. The van der Waals surface area contributed by atoms with Gasteiger partial charge in [-0.2, -0.15) is 13.2 Å². The van der Waals surface area contributed by atoms with Gasteiger partial charge in [-0.3, -0.25) is 4.99 Å². The second kappa shape index (κ2) is 5.85. The van der Waals surface area contributed by atoms with Crippen LogP contribution in [0.4, 0.5) is 18.9 Å². The first-order chi connectivity index (χ1) is 9.36. The van der Waals surface area contributed by atoms with Crippen molar-refractivity contribution in [3.05, 3.63) is 63.6 Å². The first-order valence-corrected chi connectivity index (χ1v) is 6.28. The minimum Gasteiger partial charge on any atom is -0.256 e.